The van der Waals surface area contributed by atoms with Crippen molar-refractivity contribution in [2.45, 2.75) is 0 Å². The van der Waals surface area contributed by atoms with Crippen LogP contribution in [0.15, 0.2) is 18.2 Å². The van der Waals surface area contributed by atoms with Crippen molar-refractivity contribution in [3.63, 3.8) is 0 Å². The molecule has 0 fully saturated rings. The largest absolute Gasteiger partial charge is 0.453 e. The third kappa shape index (κ3) is 3.46. The number of carbonyl (C=O) groups is 1. The van der Waals surface area contributed by atoms with Gasteiger partial charge in [0, 0.05) is 11.3 Å². The fourth-order valence-electron chi connectivity index (χ4n) is 1.01. The van der Waals surface area contributed by atoms with Crippen molar-refractivity contribution in [2.75, 3.05) is 19.0 Å². The van der Waals surface area contributed by atoms with Gasteiger partial charge in [-0.15, -0.1) is 0 Å². The van der Waals surface area contributed by atoms with Gasteiger partial charge in [0.1, 0.15) is 0 Å². The summed E-state index contributed by atoms with van der Waals surface area (Å²) >= 11 is 5.92. The Morgan fingerprint density at radius 2 is 2.38 bits per heavy atom. The van der Waals surface area contributed by atoms with Crippen LogP contribution in [0, 0.1) is 11.8 Å². The predicted molar refractivity (Wildman–Crippen MR) is 63.4 cm³/mol. The highest BCUT2D eigenvalue weighted by Crippen LogP contribution is 2.19. The molecule has 0 spiro atoms. The standard InChI is InChI=1S/C11H11ClN2O2/c1-16-11(15)14-9-4-5-10(12)8(7-9)3-2-6-13/h4-5,7H,6,13H2,1H3,(H,14,15). The summed E-state index contributed by atoms with van der Waals surface area (Å²) in [6, 6.07) is 4.96. The second-order valence-electron chi connectivity index (χ2n) is 2.82. The number of nitrogens with two attached hydrogens (primary N) is 1. The number of hydrogen-bond acceptors (Lipinski definition) is 3. The molecule has 0 saturated heterocycles. The number of rotatable bonds is 1. The van der Waals surface area contributed by atoms with Crippen LogP contribution in [0.3, 0.4) is 0 Å². The van der Waals surface area contributed by atoms with Gasteiger partial charge in [0.25, 0.3) is 0 Å². The second-order valence-corrected chi connectivity index (χ2v) is 3.22. The lowest BCUT2D eigenvalue weighted by molar-refractivity contribution is 0.187. The number of ether oxygens (including phenoxy) is 1. The first kappa shape index (κ1) is 12.4. The number of hydrogen-bond donors (Lipinski definition) is 2. The van der Waals surface area contributed by atoms with E-state index in [0.717, 1.165) is 0 Å². The van der Waals surface area contributed by atoms with E-state index in [2.05, 4.69) is 21.9 Å². The van der Waals surface area contributed by atoms with E-state index in [-0.39, 0.29) is 6.54 Å². The number of anilines is 1. The van der Waals surface area contributed by atoms with Crippen molar-refractivity contribution in [1.82, 2.24) is 0 Å². The van der Waals surface area contributed by atoms with Crippen molar-refractivity contribution in [2.24, 2.45) is 5.73 Å². The van der Waals surface area contributed by atoms with E-state index in [4.69, 9.17) is 17.3 Å². The quantitative estimate of drug-likeness (QED) is 0.734. The van der Waals surface area contributed by atoms with Crippen molar-refractivity contribution < 1.29 is 9.53 Å². The lowest BCUT2D eigenvalue weighted by Crippen LogP contribution is -2.10. The van der Waals surface area contributed by atoms with E-state index >= 15 is 0 Å². The van der Waals surface area contributed by atoms with E-state index in [1.807, 2.05) is 0 Å². The Hall–Kier alpha value is -1.70. The molecular weight excluding hydrogens is 228 g/mol. The zero-order valence-corrected chi connectivity index (χ0v) is 9.47. The summed E-state index contributed by atoms with van der Waals surface area (Å²) in [5.41, 5.74) is 6.44. The summed E-state index contributed by atoms with van der Waals surface area (Å²) in [7, 11) is 1.29. The lowest BCUT2D eigenvalue weighted by atomic mass is 10.2. The molecule has 3 N–H and O–H groups in total. The Morgan fingerprint density at radius 1 is 1.62 bits per heavy atom. The third-order valence-electron chi connectivity index (χ3n) is 1.72. The molecule has 1 rings (SSSR count). The second kappa shape index (κ2) is 6.01. The Bertz CT molecular complexity index is 449. The van der Waals surface area contributed by atoms with Gasteiger partial charge in [-0.2, -0.15) is 0 Å². The molecule has 1 aromatic rings. The molecule has 0 aliphatic carbocycles. The maximum atomic E-state index is 11.0. The Labute approximate surface area is 98.7 Å². The van der Waals surface area contributed by atoms with E-state index in [1.165, 1.54) is 7.11 Å². The number of halogens is 1. The summed E-state index contributed by atoms with van der Waals surface area (Å²) < 4.78 is 4.47. The molecule has 84 valence electrons. The summed E-state index contributed by atoms with van der Waals surface area (Å²) in [6.07, 6.45) is -0.542. The van der Waals surface area contributed by atoms with Crippen LogP contribution in [-0.4, -0.2) is 19.7 Å². The van der Waals surface area contributed by atoms with Crippen LogP contribution in [0.1, 0.15) is 5.56 Å². The smallest absolute Gasteiger partial charge is 0.411 e. The van der Waals surface area contributed by atoms with Gasteiger partial charge >= 0.3 is 6.09 Å². The lowest BCUT2D eigenvalue weighted by Gasteiger charge is -2.04. The van der Waals surface area contributed by atoms with Crippen molar-refractivity contribution >= 4 is 23.4 Å². The summed E-state index contributed by atoms with van der Waals surface area (Å²) in [6.45, 7) is 0.255. The Balaban J connectivity index is 2.93. The Kier molecular flexibility index (Phi) is 4.65. The first-order valence-electron chi connectivity index (χ1n) is 4.51. The number of methoxy groups -OCH3 is 1. The first-order chi connectivity index (χ1) is 7.67. The van der Waals surface area contributed by atoms with Crippen LogP contribution >= 0.6 is 11.6 Å². The molecule has 5 heteroatoms. The first-order valence-corrected chi connectivity index (χ1v) is 4.88. The van der Waals surface area contributed by atoms with E-state index in [0.29, 0.717) is 16.3 Å². The van der Waals surface area contributed by atoms with Gasteiger partial charge < -0.3 is 10.5 Å². The highest BCUT2D eigenvalue weighted by Gasteiger charge is 2.03. The maximum Gasteiger partial charge on any atom is 0.411 e. The van der Waals surface area contributed by atoms with Crippen LogP contribution in [0.2, 0.25) is 5.02 Å². The fraction of sp³-hybridized carbons (Fsp3) is 0.182. The Morgan fingerprint density at radius 3 is 3.00 bits per heavy atom. The molecule has 0 radical (unpaired) electrons. The van der Waals surface area contributed by atoms with Gasteiger partial charge in [0.05, 0.1) is 18.7 Å². The highest BCUT2D eigenvalue weighted by atomic mass is 35.5. The predicted octanol–water partition coefficient (Wildman–Crippen LogP) is 1.83. The van der Waals surface area contributed by atoms with E-state index < -0.39 is 6.09 Å². The summed E-state index contributed by atoms with van der Waals surface area (Å²) in [5.74, 6) is 5.49. The summed E-state index contributed by atoms with van der Waals surface area (Å²) in [4.78, 5) is 11.0. The molecule has 4 nitrogen and oxygen atoms in total. The van der Waals surface area contributed by atoms with Crippen molar-refractivity contribution in [3.05, 3.63) is 28.8 Å². The normalized spacial score (nSPS) is 8.94. The van der Waals surface area contributed by atoms with Crippen molar-refractivity contribution in [3.8, 4) is 11.8 Å². The molecule has 0 aliphatic rings. The van der Waals surface area contributed by atoms with Gasteiger partial charge in [-0.3, -0.25) is 5.32 Å². The van der Waals surface area contributed by atoms with Gasteiger partial charge in [-0.25, -0.2) is 4.79 Å². The molecule has 0 heterocycles. The van der Waals surface area contributed by atoms with Crippen LogP contribution < -0.4 is 11.1 Å². The molecule has 0 aliphatic heterocycles. The third-order valence-corrected chi connectivity index (χ3v) is 2.05. The molecule has 16 heavy (non-hydrogen) atoms. The highest BCUT2D eigenvalue weighted by molar-refractivity contribution is 6.31. The maximum absolute atomic E-state index is 11.0. The van der Waals surface area contributed by atoms with Gasteiger partial charge in [-0.1, -0.05) is 23.4 Å². The molecule has 0 saturated carbocycles. The molecule has 0 atom stereocenters. The molecule has 0 bridgehead atoms. The van der Waals surface area contributed by atoms with Gasteiger partial charge in [-0.05, 0) is 18.2 Å². The van der Waals surface area contributed by atoms with Crippen LogP contribution in [-0.2, 0) is 4.74 Å². The topological polar surface area (TPSA) is 64.3 Å². The number of nitrogens with one attached hydrogen (secondary N) is 1. The van der Waals surface area contributed by atoms with Crippen LogP contribution in [0.4, 0.5) is 10.5 Å². The zero-order chi connectivity index (χ0) is 12.0. The minimum atomic E-state index is -0.542. The number of carbonyl (C=O) groups excluding carboxylic acids is 1. The minimum absolute atomic E-state index is 0.255. The fourth-order valence-corrected chi connectivity index (χ4v) is 1.18. The van der Waals surface area contributed by atoms with E-state index in [1.54, 1.807) is 18.2 Å². The number of benzene rings is 1. The monoisotopic (exact) mass is 238 g/mol. The van der Waals surface area contributed by atoms with Gasteiger partial charge in [0.15, 0.2) is 0 Å². The molecule has 1 aromatic carbocycles. The minimum Gasteiger partial charge on any atom is -0.453 e. The molecular formula is C11H11ClN2O2. The SMILES string of the molecule is COC(=O)Nc1ccc(Cl)c(C#CCN)c1. The average molecular weight is 239 g/mol. The zero-order valence-electron chi connectivity index (χ0n) is 8.71. The molecule has 0 unspecified atom stereocenters. The summed E-state index contributed by atoms with van der Waals surface area (Å²) in [5, 5.41) is 3.03. The molecule has 1 amide bonds. The van der Waals surface area contributed by atoms with Crippen LogP contribution in [0.25, 0.3) is 0 Å². The number of amides is 1. The van der Waals surface area contributed by atoms with Crippen molar-refractivity contribution in [1.29, 1.82) is 0 Å². The average Bonchev–Trinajstić information content (AvgIpc) is 2.29. The molecule has 0 aromatic heterocycles. The van der Waals surface area contributed by atoms with Crippen LogP contribution in [0.5, 0.6) is 0 Å². The van der Waals surface area contributed by atoms with Gasteiger partial charge in [0.2, 0.25) is 0 Å². The van der Waals surface area contributed by atoms with E-state index in [9.17, 15) is 4.79 Å².